The number of hydrogen-bond donors (Lipinski definition) is 2. The van der Waals surface area contributed by atoms with Gasteiger partial charge in [-0.1, -0.05) is 45.6 Å². The highest BCUT2D eigenvalue weighted by Crippen LogP contribution is 2.23. The minimum absolute atomic E-state index is 0.145. The Morgan fingerprint density at radius 2 is 1.94 bits per heavy atom. The molecule has 3 nitrogen and oxygen atoms in total. The van der Waals surface area contributed by atoms with Crippen LogP contribution in [0.3, 0.4) is 0 Å². The molecule has 0 saturated heterocycles. The van der Waals surface area contributed by atoms with E-state index >= 15 is 0 Å². The maximum Gasteiger partial charge on any atom is 0.149 e. The highest BCUT2D eigenvalue weighted by atomic mass is 15.3. The largest absolute Gasteiger partial charge is 0.382 e. The molecule has 0 rings (SSSR count). The quantitative estimate of drug-likeness (QED) is 0.253. The molecule has 0 spiro atoms. The first-order chi connectivity index (χ1) is 7.82. The van der Waals surface area contributed by atoms with E-state index in [1.54, 1.807) is 0 Å². The fourth-order valence-corrected chi connectivity index (χ4v) is 1.37. The summed E-state index contributed by atoms with van der Waals surface area (Å²) >= 11 is 0. The van der Waals surface area contributed by atoms with Gasteiger partial charge in [0.05, 0.1) is 6.54 Å². The maximum atomic E-state index is 5.76. The van der Waals surface area contributed by atoms with E-state index in [9.17, 15) is 0 Å². The van der Waals surface area contributed by atoms with Crippen LogP contribution in [0.1, 0.15) is 34.6 Å². The van der Waals surface area contributed by atoms with Gasteiger partial charge in [-0.3, -0.25) is 0 Å². The van der Waals surface area contributed by atoms with Crippen molar-refractivity contribution < 1.29 is 0 Å². The van der Waals surface area contributed by atoms with Crippen molar-refractivity contribution in [2.45, 2.75) is 34.6 Å². The van der Waals surface area contributed by atoms with E-state index in [4.69, 9.17) is 5.73 Å². The molecule has 0 aromatic heterocycles. The topological polar surface area (TPSA) is 50.4 Å². The zero-order valence-corrected chi connectivity index (χ0v) is 11.7. The van der Waals surface area contributed by atoms with Crippen LogP contribution in [0.4, 0.5) is 0 Å². The predicted molar refractivity (Wildman–Crippen MR) is 76.8 cm³/mol. The average Bonchev–Trinajstić information content (AvgIpc) is 2.22. The Morgan fingerprint density at radius 3 is 2.35 bits per heavy atom. The zero-order chi connectivity index (χ0) is 13.5. The van der Waals surface area contributed by atoms with Crippen LogP contribution in [0.2, 0.25) is 0 Å². The molecule has 0 aliphatic rings. The van der Waals surface area contributed by atoms with Crippen molar-refractivity contribution in [1.29, 1.82) is 0 Å². The summed E-state index contributed by atoms with van der Waals surface area (Å²) in [6, 6.07) is 0. The van der Waals surface area contributed by atoms with Crippen molar-refractivity contribution in [2.24, 2.45) is 16.3 Å². The second-order valence-electron chi connectivity index (χ2n) is 4.92. The van der Waals surface area contributed by atoms with Crippen molar-refractivity contribution in [3.8, 4) is 0 Å². The summed E-state index contributed by atoms with van der Waals surface area (Å²) in [5.41, 5.74) is 10.9. The molecule has 96 valence electrons. The van der Waals surface area contributed by atoms with Crippen LogP contribution in [0.15, 0.2) is 41.1 Å². The van der Waals surface area contributed by atoms with Gasteiger partial charge in [-0.05, 0) is 24.8 Å². The van der Waals surface area contributed by atoms with Gasteiger partial charge in [-0.2, -0.15) is 5.10 Å². The van der Waals surface area contributed by atoms with Gasteiger partial charge in [0, 0.05) is 5.57 Å². The molecule has 0 atom stereocenters. The summed E-state index contributed by atoms with van der Waals surface area (Å²) in [4.78, 5) is 0. The van der Waals surface area contributed by atoms with Crippen LogP contribution in [-0.4, -0.2) is 12.4 Å². The second kappa shape index (κ2) is 6.94. The van der Waals surface area contributed by atoms with E-state index in [0.29, 0.717) is 12.4 Å². The molecule has 0 aromatic rings. The molecule has 0 amide bonds. The Bertz CT molecular complexity index is 341. The van der Waals surface area contributed by atoms with E-state index < -0.39 is 0 Å². The SMILES string of the molecule is C=C(/C=C\C)/C(N)=N\NC/C(=C\C)C(C)(C)C. The summed E-state index contributed by atoms with van der Waals surface area (Å²) in [6.45, 7) is 15.0. The third kappa shape index (κ3) is 5.95. The van der Waals surface area contributed by atoms with E-state index in [1.165, 1.54) is 5.57 Å². The molecule has 3 N–H and O–H groups in total. The zero-order valence-electron chi connectivity index (χ0n) is 11.7. The lowest BCUT2D eigenvalue weighted by molar-refractivity contribution is 0.481. The van der Waals surface area contributed by atoms with Gasteiger partial charge in [0.15, 0.2) is 0 Å². The number of hydrogen-bond acceptors (Lipinski definition) is 2. The second-order valence-corrected chi connectivity index (χ2v) is 4.92. The van der Waals surface area contributed by atoms with Gasteiger partial charge < -0.3 is 11.2 Å². The standard InChI is InChI=1S/C14H25N3/c1-7-9-11(3)13(15)17-16-10-12(8-2)14(4,5)6/h7-9,16H,3,10H2,1-2,4-6H3,(H2,15,17)/b9-7-,12-8+. The Labute approximate surface area is 105 Å². The van der Waals surface area contributed by atoms with Gasteiger partial charge in [0.25, 0.3) is 0 Å². The van der Waals surface area contributed by atoms with Gasteiger partial charge >= 0.3 is 0 Å². The smallest absolute Gasteiger partial charge is 0.149 e. The first-order valence-electron chi connectivity index (χ1n) is 5.86. The lowest BCUT2D eigenvalue weighted by atomic mass is 9.86. The van der Waals surface area contributed by atoms with Crippen LogP contribution in [-0.2, 0) is 0 Å². The first-order valence-corrected chi connectivity index (χ1v) is 5.86. The van der Waals surface area contributed by atoms with E-state index in [-0.39, 0.29) is 5.41 Å². The van der Waals surface area contributed by atoms with Gasteiger partial charge in [-0.25, -0.2) is 0 Å². The Hall–Kier alpha value is -1.51. The molecule has 0 saturated carbocycles. The molecule has 0 bridgehead atoms. The Balaban J connectivity index is 4.41. The van der Waals surface area contributed by atoms with E-state index in [2.05, 4.69) is 44.0 Å². The molecular formula is C14H25N3. The van der Waals surface area contributed by atoms with Gasteiger partial charge in [-0.15, -0.1) is 0 Å². The van der Waals surface area contributed by atoms with Crippen LogP contribution in [0.5, 0.6) is 0 Å². The molecule has 0 fully saturated rings. The average molecular weight is 235 g/mol. The molecule has 0 unspecified atom stereocenters. The molecule has 0 aliphatic heterocycles. The number of hydrazone groups is 1. The fourth-order valence-electron chi connectivity index (χ4n) is 1.37. The molecule has 0 radical (unpaired) electrons. The number of rotatable bonds is 5. The van der Waals surface area contributed by atoms with Crippen molar-refractivity contribution >= 4 is 5.84 Å². The minimum Gasteiger partial charge on any atom is -0.382 e. The van der Waals surface area contributed by atoms with Crippen LogP contribution < -0.4 is 11.2 Å². The molecular weight excluding hydrogens is 210 g/mol. The van der Waals surface area contributed by atoms with Crippen molar-refractivity contribution in [2.75, 3.05) is 6.54 Å². The number of nitrogens with two attached hydrogens (primary N) is 1. The maximum absolute atomic E-state index is 5.76. The molecule has 17 heavy (non-hydrogen) atoms. The third-order valence-electron chi connectivity index (χ3n) is 2.48. The summed E-state index contributed by atoms with van der Waals surface area (Å²) in [5.74, 6) is 0.424. The number of amidine groups is 1. The van der Waals surface area contributed by atoms with Crippen molar-refractivity contribution in [3.63, 3.8) is 0 Å². The van der Waals surface area contributed by atoms with Gasteiger partial charge in [0.2, 0.25) is 0 Å². The highest BCUT2D eigenvalue weighted by Gasteiger charge is 2.15. The molecule has 0 aromatic carbocycles. The monoisotopic (exact) mass is 235 g/mol. The summed E-state index contributed by atoms with van der Waals surface area (Å²) < 4.78 is 0. The van der Waals surface area contributed by atoms with E-state index in [0.717, 1.165) is 5.57 Å². The lowest BCUT2D eigenvalue weighted by Crippen LogP contribution is -2.24. The van der Waals surface area contributed by atoms with E-state index in [1.807, 2.05) is 26.0 Å². The first kappa shape index (κ1) is 15.5. The number of nitrogens with zero attached hydrogens (tertiary/aromatic N) is 1. The Kier molecular flexibility index (Phi) is 6.33. The highest BCUT2D eigenvalue weighted by molar-refractivity contribution is 5.98. The van der Waals surface area contributed by atoms with Crippen LogP contribution in [0.25, 0.3) is 0 Å². The summed E-state index contributed by atoms with van der Waals surface area (Å²) in [5, 5.41) is 4.10. The fraction of sp³-hybridized carbons (Fsp3) is 0.500. The summed E-state index contributed by atoms with van der Waals surface area (Å²) in [6.07, 6.45) is 5.83. The summed E-state index contributed by atoms with van der Waals surface area (Å²) in [7, 11) is 0. The third-order valence-corrected chi connectivity index (χ3v) is 2.48. The number of nitrogens with one attached hydrogen (secondary N) is 1. The molecule has 0 aliphatic carbocycles. The Morgan fingerprint density at radius 1 is 1.35 bits per heavy atom. The lowest BCUT2D eigenvalue weighted by Gasteiger charge is -2.22. The minimum atomic E-state index is 0.145. The van der Waals surface area contributed by atoms with Crippen molar-refractivity contribution in [1.82, 2.24) is 5.43 Å². The van der Waals surface area contributed by atoms with Gasteiger partial charge in [0.1, 0.15) is 5.84 Å². The predicted octanol–water partition coefficient (Wildman–Crippen LogP) is 2.97. The number of allylic oxidation sites excluding steroid dienone is 2. The normalized spacial score (nSPS) is 14.2. The van der Waals surface area contributed by atoms with Crippen LogP contribution >= 0.6 is 0 Å². The molecule has 0 heterocycles. The van der Waals surface area contributed by atoms with Crippen molar-refractivity contribution in [3.05, 3.63) is 36.0 Å². The van der Waals surface area contributed by atoms with Crippen LogP contribution in [0, 0.1) is 5.41 Å². The molecule has 3 heteroatoms.